The Kier molecular flexibility index (Phi) is 6.43. The van der Waals surface area contributed by atoms with E-state index in [1.807, 2.05) is 16.7 Å². The Morgan fingerprint density at radius 2 is 2.10 bits per heavy atom. The molecule has 0 radical (unpaired) electrons. The minimum absolute atomic E-state index is 0.193. The zero-order valence-corrected chi connectivity index (χ0v) is 16.9. The topological polar surface area (TPSA) is 105 Å². The standard InChI is InChI=1S/C21H25N5O3/c1-4-5-6-7-8-16-18-19(25-21(22)24-16)23-13-26(18)12-15-10-9-14(20(27)29-3)11-17(15)28-2/h7-11,13H,4-6,12H2,1-3H3,(H2,22,24,25). The van der Waals surface area contributed by atoms with Crippen LogP contribution in [-0.4, -0.2) is 39.7 Å². The highest BCUT2D eigenvalue weighted by Crippen LogP contribution is 2.25. The molecule has 0 fully saturated rings. The van der Waals surface area contributed by atoms with Gasteiger partial charge in [0.25, 0.3) is 0 Å². The number of allylic oxidation sites excluding steroid dienone is 1. The second-order valence-electron chi connectivity index (χ2n) is 6.57. The fourth-order valence-corrected chi connectivity index (χ4v) is 3.08. The van der Waals surface area contributed by atoms with Gasteiger partial charge in [0.1, 0.15) is 11.3 Å². The molecule has 0 bridgehead atoms. The number of hydrogen-bond acceptors (Lipinski definition) is 7. The first-order valence-electron chi connectivity index (χ1n) is 9.47. The molecule has 8 nitrogen and oxygen atoms in total. The highest BCUT2D eigenvalue weighted by atomic mass is 16.5. The Morgan fingerprint density at radius 3 is 2.83 bits per heavy atom. The predicted molar refractivity (Wildman–Crippen MR) is 112 cm³/mol. The molecule has 152 valence electrons. The molecule has 0 unspecified atom stereocenters. The second kappa shape index (κ2) is 9.18. The highest BCUT2D eigenvalue weighted by molar-refractivity contribution is 5.90. The van der Waals surface area contributed by atoms with Crippen LogP contribution in [0.15, 0.2) is 30.6 Å². The van der Waals surface area contributed by atoms with Crippen LogP contribution in [0, 0.1) is 0 Å². The molecule has 0 aliphatic rings. The van der Waals surface area contributed by atoms with E-state index in [0.29, 0.717) is 23.5 Å². The van der Waals surface area contributed by atoms with Crippen molar-refractivity contribution in [2.45, 2.75) is 32.7 Å². The number of ether oxygens (including phenoxy) is 2. The van der Waals surface area contributed by atoms with Gasteiger partial charge in [0, 0.05) is 5.56 Å². The van der Waals surface area contributed by atoms with Crippen molar-refractivity contribution in [3.63, 3.8) is 0 Å². The Hall–Kier alpha value is -3.42. The first-order chi connectivity index (χ1) is 14.1. The Balaban J connectivity index is 1.98. The van der Waals surface area contributed by atoms with Gasteiger partial charge in [-0.05, 0) is 24.6 Å². The van der Waals surface area contributed by atoms with Gasteiger partial charge in [-0.2, -0.15) is 4.98 Å². The van der Waals surface area contributed by atoms with Gasteiger partial charge in [0.2, 0.25) is 5.95 Å². The number of nitrogens with two attached hydrogens (primary N) is 1. The molecule has 1 aromatic carbocycles. The van der Waals surface area contributed by atoms with Crippen molar-refractivity contribution in [3.05, 3.63) is 47.4 Å². The van der Waals surface area contributed by atoms with E-state index in [2.05, 4.69) is 28.0 Å². The lowest BCUT2D eigenvalue weighted by molar-refractivity contribution is 0.0600. The third kappa shape index (κ3) is 4.53. The maximum atomic E-state index is 11.8. The van der Waals surface area contributed by atoms with Gasteiger partial charge < -0.3 is 19.8 Å². The number of carbonyl (C=O) groups excluding carboxylic acids is 1. The van der Waals surface area contributed by atoms with E-state index in [-0.39, 0.29) is 5.95 Å². The average molecular weight is 395 g/mol. The van der Waals surface area contributed by atoms with Crippen LogP contribution in [0.25, 0.3) is 17.2 Å². The molecule has 3 rings (SSSR count). The molecular weight excluding hydrogens is 370 g/mol. The van der Waals surface area contributed by atoms with E-state index < -0.39 is 5.97 Å². The molecule has 0 atom stereocenters. The molecule has 0 amide bonds. The fraction of sp³-hybridized carbons (Fsp3) is 0.333. The minimum Gasteiger partial charge on any atom is -0.496 e. The Bertz CT molecular complexity index is 1040. The number of benzene rings is 1. The zero-order valence-electron chi connectivity index (χ0n) is 16.9. The van der Waals surface area contributed by atoms with Crippen LogP contribution < -0.4 is 10.5 Å². The summed E-state index contributed by atoms with van der Waals surface area (Å²) in [5.74, 6) is 0.371. The SMILES string of the molecule is CCCCC=Cc1nc(N)nc2ncn(Cc3ccc(C(=O)OC)cc3OC)c12. The smallest absolute Gasteiger partial charge is 0.337 e. The number of carbonyl (C=O) groups is 1. The molecule has 3 aromatic rings. The van der Waals surface area contributed by atoms with Crippen molar-refractivity contribution in [1.82, 2.24) is 19.5 Å². The van der Waals surface area contributed by atoms with Crippen LogP contribution in [-0.2, 0) is 11.3 Å². The molecule has 2 aromatic heterocycles. The van der Waals surface area contributed by atoms with E-state index in [4.69, 9.17) is 15.2 Å². The molecule has 0 saturated heterocycles. The van der Waals surface area contributed by atoms with Gasteiger partial charge in [-0.3, -0.25) is 0 Å². The van der Waals surface area contributed by atoms with Crippen LogP contribution in [0.2, 0.25) is 0 Å². The quantitative estimate of drug-likeness (QED) is 0.460. The first-order valence-corrected chi connectivity index (χ1v) is 9.47. The average Bonchev–Trinajstić information content (AvgIpc) is 3.13. The number of fused-ring (bicyclic) bond motifs is 1. The largest absolute Gasteiger partial charge is 0.496 e. The number of esters is 1. The molecule has 8 heteroatoms. The van der Waals surface area contributed by atoms with Gasteiger partial charge >= 0.3 is 5.97 Å². The highest BCUT2D eigenvalue weighted by Gasteiger charge is 2.15. The third-order valence-electron chi connectivity index (χ3n) is 4.57. The van der Waals surface area contributed by atoms with Crippen molar-refractivity contribution in [2.75, 3.05) is 20.0 Å². The Morgan fingerprint density at radius 1 is 1.28 bits per heavy atom. The van der Waals surface area contributed by atoms with Crippen LogP contribution in [0.1, 0.15) is 47.8 Å². The van der Waals surface area contributed by atoms with Crippen LogP contribution in [0.3, 0.4) is 0 Å². The fourth-order valence-electron chi connectivity index (χ4n) is 3.08. The van der Waals surface area contributed by atoms with Gasteiger partial charge in [-0.15, -0.1) is 0 Å². The van der Waals surface area contributed by atoms with Gasteiger partial charge in [-0.1, -0.05) is 31.9 Å². The number of imidazole rings is 1. The Labute approximate surface area is 169 Å². The lowest BCUT2D eigenvalue weighted by Crippen LogP contribution is -2.06. The van der Waals surface area contributed by atoms with E-state index in [1.165, 1.54) is 7.11 Å². The third-order valence-corrected chi connectivity index (χ3v) is 4.57. The summed E-state index contributed by atoms with van der Waals surface area (Å²) in [7, 11) is 2.92. The summed E-state index contributed by atoms with van der Waals surface area (Å²) in [6, 6.07) is 5.22. The predicted octanol–water partition coefficient (Wildman–Crippen LogP) is 3.46. The van der Waals surface area contributed by atoms with Crippen LogP contribution >= 0.6 is 0 Å². The van der Waals surface area contributed by atoms with Crippen molar-refractivity contribution in [1.29, 1.82) is 0 Å². The van der Waals surface area contributed by atoms with E-state index in [1.54, 1.807) is 25.6 Å². The monoisotopic (exact) mass is 395 g/mol. The molecule has 0 aliphatic heterocycles. The number of nitrogens with zero attached hydrogens (tertiary/aromatic N) is 4. The lowest BCUT2D eigenvalue weighted by Gasteiger charge is -2.12. The van der Waals surface area contributed by atoms with Gasteiger partial charge in [0.15, 0.2) is 5.65 Å². The summed E-state index contributed by atoms with van der Waals surface area (Å²) >= 11 is 0. The number of unbranched alkanes of at least 4 members (excludes halogenated alkanes) is 2. The molecular formula is C21H25N5O3. The summed E-state index contributed by atoms with van der Waals surface area (Å²) in [4.78, 5) is 24.8. The van der Waals surface area contributed by atoms with E-state index >= 15 is 0 Å². The van der Waals surface area contributed by atoms with Gasteiger partial charge in [-0.25, -0.2) is 14.8 Å². The van der Waals surface area contributed by atoms with E-state index in [9.17, 15) is 4.79 Å². The summed E-state index contributed by atoms with van der Waals surface area (Å²) in [6.07, 6.45) is 8.97. The molecule has 2 heterocycles. The summed E-state index contributed by atoms with van der Waals surface area (Å²) in [5.41, 5.74) is 9.23. The molecule has 2 N–H and O–H groups in total. The van der Waals surface area contributed by atoms with Crippen molar-refractivity contribution < 1.29 is 14.3 Å². The molecule has 0 aliphatic carbocycles. The number of hydrogen-bond donors (Lipinski definition) is 1. The molecule has 29 heavy (non-hydrogen) atoms. The zero-order chi connectivity index (χ0) is 20.8. The maximum Gasteiger partial charge on any atom is 0.337 e. The van der Waals surface area contributed by atoms with Crippen LogP contribution in [0.4, 0.5) is 5.95 Å². The summed E-state index contributed by atoms with van der Waals surface area (Å²) < 4.78 is 12.2. The van der Waals surface area contributed by atoms with Gasteiger partial charge in [0.05, 0.1) is 38.3 Å². The normalized spacial score (nSPS) is 11.3. The first kappa shape index (κ1) is 20.3. The molecule has 0 saturated carbocycles. The number of nitrogen functional groups attached to an aromatic ring is 1. The van der Waals surface area contributed by atoms with Crippen molar-refractivity contribution >= 4 is 29.2 Å². The molecule has 0 spiro atoms. The minimum atomic E-state index is -0.411. The van der Waals surface area contributed by atoms with Crippen LogP contribution in [0.5, 0.6) is 5.75 Å². The number of methoxy groups -OCH3 is 2. The van der Waals surface area contributed by atoms with E-state index in [0.717, 1.165) is 36.0 Å². The second-order valence-corrected chi connectivity index (χ2v) is 6.57. The van der Waals surface area contributed by atoms with Crippen molar-refractivity contribution in [3.8, 4) is 5.75 Å². The summed E-state index contributed by atoms with van der Waals surface area (Å²) in [5, 5.41) is 0. The summed E-state index contributed by atoms with van der Waals surface area (Å²) in [6.45, 7) is 2.63. The maximum absolute atomic E-state index is 11.8. The van der Waals surface area contributed by atoms with Crippen molar-refractivity contribution in [2.24, 2.45) is 0 Å². The lowest BCUT2D eigenvalue weighted by atomic mass is 10.1. The number of rotatable bonds is 8. The number of aromatic nitrogens is 4. The number of anilines is 1.